The molecule has 2 aromatic carbocycles. The molecule has 0 fully saturated rings. The topological polar surface area (TPSA) is 59.3 Å². The molecule has 0 saturated carbocycles. The van der Waals surface area contributed by atoms with Gasteiger partial charge in [-0.15, -0.1) is 0 Å². The van der Waals surface area contributed by atoms with Crippen molar-refractivity contribution in [3.8, 4) is 0 Å². The van der Waals surface area contributed by atoms with Crippen LogP contribution in [-0.2, 0) is 11.2 Å². The Kier molecular flexibility index (Phi) is 4.54. The van der Waals surface area contributed by atoms with Crippen LogP contribution in [0.3, 0.4) is 0 Å². The first-order chi connectivity index (χ1) is 13.0. The first-order valence-electron chi connectivity index (χ1n) is 8.82. The molecule has 0 radical (unpaired) electrons. The maximum atomic E-state index is 12.4. The first-order valence-corrected chi connectivity index (χ1v) is 9.20. The van der Waals surface area contributed by atoms with Gasteiger partial charge < -0.3 is 5.32 Å². The lowest BCUT2D eigenvalue weighted by Crippen LogP contribution is -2.14. The van der Waals surface area contributed by atoms with Gasteiger partial charge in [-0.25, -0.2) is 9.50 Å². The Hall–Kier alpha value is -2.92. The SMILES string of the molecule is Cc1nc2c3ccccc3nn2c(C)c1CCC(=O)Nc1ccccc1Cl. The summed E-state index contributed by atoms with van der Waals surface area (Å²) in [6.45, 7) is 4.00. The highest BCUT2D eigenvalue weighted by molar-refractivity contribution is 6.33. The van der Waals surface area contributed by atoms with Crippen molar-refractivity contribution in [2.24, 2.45) is 0 Å². The second-order valence-electron chi connectivity index (χ2n) is 6.54. The van der Waals surface area contributed by atoms with Crippen LogP contribution in [0.5, 0.6) is 0 Å². The summed E-state index contributed by atoms with van der Waals surface area (Å²) in [5.74, 6) is -0.0763. The molecule has 1 N–H and O–H groups in total. The van der Waals surface area contributed by atoms with E-state index in [0.29, 0.717) is 23.6 Å². The summed E-state index contributed by atoms with van der Waals surface area (Å²) in [6, 6.07) is 15.2. The van der Waals surface area contributed by atoms with Crippen LogP contribution >= 0.6 is 11.6 Å². The number of benzene rings is 2. The summed E-state index contributed by atoms with van der Waals surface area (Å²) in [6.07, 6.45) is 0.938. The van der Waals surface area contributed by atoms with Gasteiger partial charge in [-0.3, -0.25) is 4.79 Å². The van der Waals surface area contributed by atoms with Gasteiger partial charge in [0, 0.05) is 23.2 Å². The average molecular weight is 379 g/mol. The van der Waals surface area contributed by atoms with Crippen LogP contribution in [0, 0.1) is 13.8 Å². The molecule has 27 heavy (non-hydrogen) atoms. The van der Waals surface area contributed by atoms with Gasteiger partial charge in [0.05, 0.1) is 16.2 Å². The number of carbonyl (C=O) groups is 1. The minimum atomic E-state index is -0.0763. The molecule has 2 aromatic heterocycles. The molecule has 136 valence electrons. The Morgan fingerprint density at radius 2 is 1.85 bits per heavy atom. The van der Waals surface area contributed by atoms with E-state index < -0.39 is 0 Å². The molecule has 0 atom stereocenters. The number of fused-ring (bicyclic) bond motifs is 3. The summed E-state index contributed by atoms with van der Waals surface area (Å²) in [5, 5.41) is 9.09. The molecule has 2 heterocycles. The fraction of sp³-hybridized carbons (Fsp3) is 0.190. The third-order valence-electron chi connectivity index (χ3n) is 4.77. The van der Waals surface area contributed by atoms with E-state index in [1.54, 1.807) is 12.1 Å². The Balaban J connectivity index is 1.59. The molecular formula is C21H19ClN4O. The highest BCUT2D eigenvalue weighted by Gasteiger charge is 2.15. The van der Waals surface area contributed by atoms with Gasteiger partial charge in [-0.1, -0.05) is 35.9 Å². The maximum absolute atomic E-state index is 12.4. The molecule has 5 nitrogen and oxygen atoms in total. The van der Waals surface area contributed by atoms with E-state index in [2.05, 4.69) is 10.4 Å². The monoisotopic (exact) mass is 378 g/mol. The number of anilines is 1. The Morgan fingerprint density at radius 3 is 2.67 bits per heavy atom. The summed E-state index contributed by atoms with van der Waals surface area (Å²) >= 11 is 6.10. The molecule has 0 unspecified atom stereocenters. The first kappa shape index (κ1) is 17.5. The Labute approximate surface area is 162 Å². The zero-order valence-corrected chi connectivity index (χ0v) is 15.9. The number of hydrogen-bond donors (Lipinski definition) is 1. The summed E-state index contributed by atoms with van der Waals surface area (Å²) < 4.78 is 1.87. The minimum absolute atomic E-state index is 0.0763. The van der Waals surface area contributed by atoms with Crippen LogP contribution in [0.4, 0.5) is 5.69 Å². The van der Waals surface area contributed by atoms with E-state index >= 15 is 0 Å². The minimum Gasteiger partial charge on any atom is -0.325 e. The number of aromatic nitrogens is 3. The van der Waals surface area contributed by atoms with Gasteiger partial charge in [-0.05, 0) is 50.1 Å². The van der Waals surface area contributed by atoms with Crippen LogP contribution in [0.1, 0.15) is 23.4 Å². The van der Waals surface area contributed by atoms with Crippen molar-refractivity contribution in [2.75, 3.05) is 5.32 Å². The van der Waals surface area contributed by atoms with Gasteiger partial charge in [0.2, 0.25) is 5.91 Å². The van der Waals surface area contributed by atoms with E-state index in [1.807, 2.05) is 54.8 Å². The van der Waals surface area contributed by atoms with Crippen molar-refractivity contribution < 1.29 is 4.79 Å². The van der Waals surface area contributed by atoms with Crippen molar-refractivity contribution in [2.45, 2.75) is 26.7 Å². The van der Waals surface area contributed by atoms with Crippen LogP contribution in [-0.4, -0.2) is 20.5 Å². The highest BCUT2D eigenvalue weighted by atomic mass is 35.5. The lowest BCUT2D eigenvalue weighted by atomic mass is 10.1. The predicted octanol–water partition coefficient (Wildman–Crippen LogP) is 4.72. The zero-order valence-electron chi connectivity index (χ0n) is 15.2. The number of hydrogen-bond acceptors (Lipinski definition) is 3. The normalized spacial score (nSPS) is 11.2. The molecule has 0 aliphatic heterocycles. The van der Waals surface area contributed by atoms with E-state index in [9.17, 15) is 4.79 Å². The molecule has 0 saturated heterocycles. The number of carbonyl (C=O) groups excluding carboxylic acids is 1. The predicted molar refractivity (Wildman–Crippen MR) is 108 cm³/mol. The summed E-state index contributed by atoms with van der Waals surface area (Å²) in [5.41, 5.74) is 5.38. The summed E-state index contributed by atoms with van der Waals surface area (Å²) in [7, 11) is 0. The smallest absolute Gasteiger partial charge is 0.224 e. The second kappa shape index (κ2) is 7.00. The number of nitrogens with one attached hydrogen (secondary N) is 1. The molecule has 1 amide bonds. The number of rotatable bonds is 4. The third kappa shape index (κ3) is 3.26. The molecule has 0 aliphatic rings. The molecule has 0 spiro atoms. The lowest BCUT2D eigenvalue weighted by molar-refractivity contribution is -0.116. The molecular weight excluding hydrogens is 360 g/mol. The molecule has 0 aliphatic carbocycles. The quantitative estimate of drug-likeness (QED) is 0.558. The fourth-order valence-corrected chi connectivity index (χ4v) is 3.54. The highest BCUT2D eigenvalue weighted by Crippen LogP contribution is 2.24. The average Bonchev–Trinajstić information content (AvgIpc) is 3.02. The van der Waals surface area contributed by atoms with Crippen LogP contribution in [0.15, 0.2) is 48.5 Å². The molecule has 4 aromatic rings. The molecule has 0 bridgehead atoms. The van der Waals surface area contributed by atoms with Gasteiger partial charge >= 0.3 is 0 Å². The van der Waals surface area contributed by atoms with Gasteiger partial charge in [-0.2, -0.15) is 5.10 Å². The van der Waals surface area contributed by atoms with Crippen LogP contribution in [0.2, 0.25) is 5.02 Å². The van der Waals surface area contributed by atoms with Gasteiger partial charge in [0.15, 0.2) is 5.65 Å². The second-order valence-corrected chi connectivity index (χ2v) is 6.95. The molecule has 6 heteroatoms. The van der Waals surface area contributed by atoms with Crippen LogP contribution < -0.4 is 5.32 Å². The largest absolute Gasteiger partial charge is 0.325 e. The number of halogens is 1. The van der Waals surface area contributed by atoms with E-state index in [4.69, 9.17) is 16.6 Å². The van der Waals surface area contributed by atoms with E-state index in [0.717, 1.165) is 33.5 Å². The van der Waals surface area contributed by atoms with Crippen molar-refractivity contribution in [1.29, 1.82) is 0 Å². The maximum Gasteiger partial charge on any atom is 0.224 e. The third-order valence-corrected chi connectivity index (χ3v) is 5.10. The van der Waals surface area contributed by atoms with Crippen molar-refractivity contribution in [3.05, 3.63) is 70.5 Å². The Morgan fingerprint density at radius 1 is 1.11 bits per heavy atom. The zero-order chi connectivity index (χ0) is 19.0. The lowest BCUT2D eigenvalue weighted by Gasteiger charge is -2.11. The standard InChI is InChI=1S/C21H19ClN4O/c1-13-15(11-12-20(27)24-19-10-6-4-8-17(19)22)14(2)26-21(23-13)16-7-3-5-9-18(16)25-26/h3-10H,11-12H2,1-2H3,(H,24,27). The summed E-state index contributed by atoms with van der Waals surface area (Å²) in [4.78, 5) is 17.1. The van der Waals surface area contributed by atoms with Gasteiger partial charge in [0.1, 0.15) is 0 Å². The number of nitrogens with zero attached hydrogens (tertiary/aromatic N) is 3. The van der Waals surface area contributed by atoms with Crippen LogP contribution in [0.25, 0.3) is 16.6 Å². The number of aryl methyl sites for hydroxylation is 2. The van der Waals surface area contributed by atoms with Crippen molar-refractivity contribution >= 4 is 39.7 Å². The van der Waals surface area contributed by atoms with Crippen molar-refractivity contribution in [3.63, 3.8) is 0 Å². The van der Waals surface area contributed by atoms with E-state index in [-0.39, 0.29) is 5.91 Å². The van der Waals surface area contributed by atoms with Gasteiger partial charge in [0.25, 0.3) is 0 Å². The number of amides is 1. The fourth-order valence-electron chi connectivity index (χ4n) is 3.35. The van der Waals surface area contributed by atoms with Crippen molar-refractivity contribution in [1.82, 2.24) is 14.6 Å². The Bertz CT molecular complexity index is 1170. The molecule has 4 rings (SSSR count). The van der Waals surface area contributed by atoms with E-state index in [1.165, 1.54) is 0 Å². The number of para-hydroxylation sites is 1.